The van der Waals surface area contributed by atoms with Gasteiger partial charge < -0.3 is 14.5 Å². The van der Waals surface area contributed by atoms with Crippen LogP contribution in [-0.4, -0.2) is 34.5 Å². The van der Waals surface area contributed by atoms with Crippen LogP contribution in [0.2, 0.25) is 0 Å². The Morgan fingerprint density at radius 2 is 2.22 bits per heavy atom. The quantitative estimate of drug-likeness (QED) is 0.866. The van der Waals surface area contributed by atoms with Crippen LogP contribution in [0.25, 0.3) is 5.65 Å². The van der Waals surface area contributed by atoms with E-state index in [9.17, 15) is 4.79 Å². The molecule has 3 rings (SSSR count). The monoisotopic (exact) mass is 245 g/mol. The maximum absolute atomic E-state index is 12.1. The molecule has 18 heavy (non-hydrogen) atoms. The first-order valence-corrected chi connectivity index (χ1v) is 6.14. The van der Waals surface area contributed by atoms with Gasteiger partial charge >= 0.3 is 0 Å². The number of amides is 1. The number of fused-ring (bicyclic) bond motifs is 1. The Bertz CT molecular complexity index is 558. The molecule has 0 bridgehead atoms. The summed E-state index contributed by atoms with van der Waals surface area (Å²) in [5.74, 6) is -0.0348. The van der Waals surface area contributed by atoms with Crippen LogP contribution in [0.3, 0.4) is 0 Å². The second-order valence-electron chi connectivity index (χ2n) is 4.47. The molecule has 0 atom stereocenters. The lowest BCUT2D eigenvalue weighted by atomic mass is 10.1. The zero-order valence-corrected chi connectivity index (χ0v) is 10.0. The molecule has 94 valence electrons. The molecule has 1 fully saturated rings. The van der Waals surface area contributed by atoms with Gasteiger partial charge in [0.2, 0.25) is 0 Å². The predicted octanol–water partition coefficient (Wildman–Crippen LogP) is 1.24. The summed E-state index contributed by atoms with van der Waals surface area (Å²) in [6.45, 7) is 1.45. The van der Waals surface area contributed by atoms with E-state index in [2.05, 4.69) is 10.3 Å². The maximum Gasteiger partial charge on any atom is 0.251 e. The SMILES string of the molecule is O=C(NC1CCOCC1)c1ccn2ccnc2c1. The number of carbonyl (C=O) groups excluding carboxylic acids is 1. The van der Waals surface area contributed by atoms with Gasteiger partial charge in [-0.25, -0.2) is 4.98 Å². The van der Waals surface area contributed by atoms with E-state index in [1.54, 1.807) is 12.3 Å². The second kappa shape index (κ2) is 4.78. The highest BCUT2D eigenvalue weighted by atomic mass is 16.5. The van der Waals surface area contributed by atoms with E-state index < -0.39 is 0 Å². The Labute approximate surface area is 105 Å². The van der Waals surface area contributed by atoms with Crippen molar-refractivity contribution in [2.75, 3.05) is 13.2 Å². The number of carbonyl (C=O) groups is 1. The molecule has 1 aliphatic heterocycles. The summed E-state index contributed by atoms with van der Waals surface area (Å²) >= 11 is 0. The molecule has 0 unspecified atom stereocenters. The van der Waals surface area contributed by atoms with Crippen molar-refractivity contribution in [3.63, 3.8) is 0 Å². The van der Waals surface area contributed by atoms with Crippen LogP contribution in [0, 0.1) is 0 Å². The van der Waals surface area contributed by atoms with Crippen molar-refractivity contribution in [3.05, 3.63) is 36.3 Å². The van der Waals surface area contributed by atoms with Crippen molar-refractivity contribution in [2.24, 2.45) is 0 Å². The molecule has 2 aromatic rings. The van der Waals surface area contributed by atoms with Crippen LogP contribution in [0.4, 0.5) is 0 Å². The molecule has 0 spiro atoms. The van der Waals surface area contributed by atoms with Crippen molar-refractivity contribution in [2.45, 2.75) is 18.9 Å². The second-order valence-corrected chi connectivity index (χ2v) is 4.47. The molecule has 0 aliphatic carbocycles. The molecule has 3 heterocycles. The van der Waals surface area contributed by atoms with Crippen molar-refractivity contribution < 1.29 is 9.53 Å². The van der Waals surface area contributed by atoms with Gasteiger partial charge in [0.15, 0.2) is 0 Å². The molecular formula is C13H15N3O2. The van der Waals surface area contributed by atoms with E-state index in [0.717, 1.165) is 31.7 Å². The van der Waals surface area contributed by atoms with Crippen LogP contribution in [-0.2, 0) is 4.74 Å². The highest BCUT2D eigenvalue weighted by Crippen LogP contribution is 2.09. The topological polar surface area (TPSA) is 55.6 Å². The standard InChI is InChI=1S/C13H15N3O2/c17-13(15-11-2-7-18-8-3-11)10-1-5-16-6-4-14-12(16)9-10/h1,4-6,9,11H,2-3,7-8H2,(H,15,17). The number of imidazole rings is 1. The average Bonchev–Trinajstić information content (AvgIpc) is 2.87. The molecular weight excluding hydrogens is 230 g/mol. The molecule has 1 N–H and O–H groups in total. The first-order valence-electron chi connectivity index (χ1n) is 6.14. The number of hydrogen-bond acceptors (Lipinski definition) is 3. The van der Waals surface area contributed by atoms with Gasteiger partial charge in [-0.1, -0.05) is 0 Å². The van der Waals surface area contributed by atoms with Gasteiger partial charge in [0.25, 0.3) is 5.91 Å². The fraction of sp³-hybridized carbons (Fsp3) is 0.385. The van der Waals surface area contributed by atoms with Gasteiger partial charge in [0.1, 0.15) is 5.65 Å². The number of pyridine rings is 1. The number of aromatic nitrogens is 2. The summed E-state index contributed by atoms with van der Waals surface area (Å²) in [6, 6.07) is 3.83. The van der Waals surface area contributed by atoms with E-state index in [0.29, 0.717) is 5.56 Å². The molecule has 2 aromatic heterocycles. The van der Waals surface area contributed by atoms with Gasteiger partial charge in [-0.15, -0.1) is 0 Å². The Kier molecular flexibility index (Phi) is 2.98. The maximum atomic E-state index is 12.1. The van der Waals surface area contributed by atoms with Crippen LogP contribution in [0.15, 0.2) is 30.7 Å². The van der Waals surface area contributed by atoms with E-state index in [1.165, 1.54) is 0 Å². The number of nitrogens with zero attached hydrogens (tertiary/aromatic N) is 2. The zero-order chi connectivity index (χ0) is 12.4. The van der Waals surface area contributed by atoms with Crippen molar-refractivity contribution in [1.82, 2.24) is 14.7 Å². The Morgan fingerprint density at radius 3 is 3.06 bits per heavy atom. The highest BCUT2D eigenvalue weighted by molar-refractivity contribution is 5.95. The smallest absolute Gasteiger partial charge is 0.251 e. The number of ether oxygens (including phenoxy) is 1. The Balaban J connectivity index is 1.74. The lowest BCUT2D eigenvalue weighted by molar-refractivity contribution is 0.0696. The lowest BCUT2D eigenvalue weighted by Crippen LogP contribution is -2.38. The third kappa shape index (κ3) is 2.22. The normalized spacial score (nSPS) is 16.9. The molecule has 0 radical (unpaired) electrons. The third-order valence-corrected chi connectivity index (χ3v) is 3.22. The Morgan fingerprint density at radius 1 is 1.39 bits per heavy atom. The molecule has 1 amide bonds. The molecule has 0 aromatic carbocycles. The fourth-order valence-electron chi connectivity index (χ4n) is 2.16. The fourth-order valence-corrected chi connectivity index (χ4v) is 2.16. The molecule has 0 saturated carbocycles. The van der Waals surface area contributed by atoms with E-state index >= 15 is 0 Å². The summed E-state index contributed by atoms with van der Waals surface area (Å²) in [5.41, 5.74) is 1.44. The molecule has 5 heteroatoms. The summed E-state index contributed by atoms with van der Waals surface area (Å²) in [5, 5.41) is 3.04. The summed E-state index contributed by atoms with van der Waals surface area (Å²) in [7, 11) is 0. The summed E-state index contributed by atoms with van der Waals surface area (Å²) < 4.78 is 7.15. The minimum absolute atomic E-state index is 0.0348. The van der Waals surface area contributed by atoms with E-state index in [-0.39, 0.29) is 11.9 Å². The zero-order valence-electron chi connectivity index (χ0n) is 10.0. The van der Waals surface area contributed by atoms with Crippen molar-refractivity contribution >= 4 is 11.6 Å². The third-order valence-electron chi connectivity index (χ3n) is 3.22. The van der Waals surface area contributed by atoms with Gasteiger partial charge in [-0.2, -0.15) is 0 Å². The molecule has 1 aliphatic rings. The van der Waals surface area contributed by atoms with Gasteiger partial charge in [-0.05, 0) is 25.0 Å². The van der Waals surface area contributed by atoms with Gasteiger partial charge in [0.05, 0.1) is 0 Å². The number of hydrogen-bond donors (Lipinski definition) is 1. The van der Waals surface area contributed by atoms with Crippen LogP contribution < -0.4 is 5.32 Å². The van der Waals surface area contributed by atoms with E-state index in [1.807, 2.05) is 22.9 Å². The minimum atomic E-state index is -0.0348. The predicted molar refractivity (Wildman–Crippen MR) is 66.5 cm³/mol. The number of rotatable bonds is 2. The van der Waals surface area contributed by atoms with Crippen LogP contribution in [0.1, 0.15) is 23.2 Å². The Hall–Kier alpha value is -1.88. The first kappa shape index (κ1) is 11.2. The van der Waals surface area contributed by atoms with Crippen molar-refractivity contribution in [1.29, 1.82) is 0 Å². The van der Waals surface area contributed by atoms with Crippen LogP contribution >= 0.6 is 0 Å². The van der Waals surface area contributed by atoms with Gasteiger partial charge in [-0.3, -0.25) is 4.79 Å². The van der Waals surface area contributed by atoms with Crippen molar-refractivity contribution in [3.8, 4) is 0 Å². The van der Waals surface area contributed by atoms with E-state index in [4.69, 9.17) is 4.74 Å². The van der Waals surface area contributed by atoms with Gasteiger partial charge in [0, 0.05) is 43.4 Å². The number of nitrogens with one attached hydrogen (secondary N) is 1. The summed E-state index contributed by atoms with van der Waals surface area (Å²) in [6.07, 6.45) is 7.20. The lowest BCUT2D eigenvalue weighted by Gasteiger charge is -2.23. The largest absolute Gasteiger partial charge is 0.381 e. The first-order chi connectivity index (χ1) is 8.83. The molecule has 1 saturated heterocycles. The highest BCUT2D eigenvalue weighted by Gasteiger charge is 2.17. The van der Waals surface area contributed by atoms with Crippen LogP contribution in [0.5, 0.6) is 0 Å². The molecule has 5 nitrogen and oxygen atoms in total. The summed E-state index contributed by atoms with van der Waals surface area (Å²) in [4.78, 5) is 16.3. The minimum Gasteiger partial charge on any atom is -0.381 e. The average molecular weight is 245 g/mol.